The van der Waals surface area contributed by atoms with E-state index in [1.165, 1.54) is 0 Å². The molecule has 2 aliphatic rings. The van der Waals surface area contributed by atoms with Crippen molar-refractivity contribution in [3.8, 4) is 0 Å². The molecule has 0 aliphatic carbocycles. The number of piperazine rings is 1. The van der Waals surface area contributed by atoms with Gasteiger partial charge in [-0.3, -0.25) is 14.4 Å². The van der Waals surface area contributed by atoms with Crippen LogP contribution < -0.4 is 5.32 Å². The van der Waals surface area contributed by atoms with Gasteiger partial charge in [0.05, 0.1) is 0 Å². The number of carbonyl (C=O) groups is 3. The van der Waals surface area contributed by atoms with Crippen LogP contribution in [0.15, 0.2) is 0 Å². The number of nitrogens with one attached hydrogen (secondary N) is 1. The van der Waals surface area contributed by atoms with Gasteiger partial charge in [0.15, 0.2) is 0 Å². The van der Waals surface area contributed by atoms with E-state index in [0.717, 1.165) is 6.42 Å². The summed E-state index contributed by atoms with van der Waals surface area (Å²) in [6.07, 6.45) is 1.60. The van der Waals surface area contributed by atoms with Crippen molar-refractivity contribution in [3.05, 3.63) is 0 Å². The molecule has 0 saturated carbocycles. The lowest BCUT2D eigenvalue weighted by Crippen LogP contribution is -2.61. The molecule has 1 N–H and O–H groups in total. The van der Waals surface area contributed by atoms with Crippen molar-refractivity contribution in [2.75, 3.05) is 13.1 Å². The first-order valence-corrected chi connectivity index (χ1v) is 8.49. The van der Waals surface area contributed by atoms with Crippen LogP contribution in [0.4, 0.5) is 0 Å². The van der Waals surface area contributed by atoms with Gasteiger partial charge in [0, 0.05) is 49.5 Å². The van der Waals surface area contributed by atoms with E-state index in [1.54, 1.807) is 0 Å². The Hall–Kier alpha value is -1.59. The third kappa shape index (κ3) is 4.03. The lowest BCUT2D eigenvalue weighted by molar-refractivity contribution is -0.150. The highest BCUT2D eigenvalue weighted by Gasteiger charge is 2.38. The average molecular weight is 323 g/mol. The van der Waals surface area contributed by atoms with E-state index in [9.17, 15) is 14.4 Å². The Morgan fingerprint density at radius 3 is 2.17 bits per heavy atom. The minimum absolute atomic E-state index is 0.00495. The predicted octanol–water partition coefficient (Wildman–Crippen LogP) is 1.15. The average Bonchev–Trinajstić information content (AvgIpc) is 2.81. The predicted molar refractivity (Wildman–Crippen MR) is 87.6 cm³/mol. The highest BCUT2D eigenvalue weighted by Crippen LogP contribution is 2.24. The minimum atomic E-state index is -0.403. The molecule has 3 unspecified atom stereocenters. The maximum atomic E-state index is 12.6. The molecule has 2 aliphatic heterocycles. The fourth-order valence-corrected chi connectivity index (χ4v) is 3.60. The highest BCUT2D eigenvalue weighted by atomic mass is 16.2. The zero-order valence-corrected chi connectivity index (χ0v) is 14.9. The number of hydrogen-bond donors (Lipinski definition) is 1. The van der Waals surface area contributed by atoms with Crippen molar-refractivity contribution >= 4 is 17.7 Å². The summed E-state index contributed by atoms with van der Waals surface area (Å²) in [7, 11) is 0. The van der Waals surface area contributed by atoms with Gasteiger partial charge in [0.25, 0.3) is 0 Å². The van der Waals surface area contributed by atoms with Gasteiger partial charge in [-0.25, -0.2) is 0 Å². The van der Waals surface area contributed by atoms with Gasteiger partial charge in [0.1, 0.15) is 0 Å². The number of amides is 3. The maximum Gasteiger partial charge on any atom is 0.228 e. The number of nitrogens with zero attached hydrogens (tertiary/aromatic N) is 2. The summed E-state index contributed by atoms with van der Waals surface area (Å²) in [6, 6.07) is -0.0482. The summed E-state index contributed by atoms with van der Waals surface area (Å²) in [6.45, 7) is 10.9. The van der Waals surface area contributed by atoms with Gasteiger partial charge in [-0.05, 0) is 20.3 Å². The van der Waals surface area contributed by atoms with Crippen molar-refractivity contribution in [2.24, 2.45) is 5.41 Å². The Balaban J connectivity index is 1.98. The van der Waals surface area contributed by atoms with Gasteiger partial charge >= 0.3 is 0 Å². The monoisotopic (exact) mass is 323 g/mol. The summed E-state index contributed by atoms with van der Waals surface area (Å²) in [4.78, 5) is 40.1. The van der Waals surface area contributed by atoms with Crippen molar-refractivity contribution < 1.29 is 14.4 Å². The first kappa shape index (κ1) is 17.8. The number of rotatable bonds is 2. The first-order chi connectivity index (χ1) is 10.6. The minimum Gasteiger partial charge on any atom is -0.353 e. The second-order valence-electron chi connectivity index (χ2n) is 7.97. The molecule has 130 valence electrons. The molecule has 3 atom stereocenters. The van der Waals surface area contributed by atoms with E-state index in [1.807, 2.05) is 44.4 Å². The van der Waals surface area contributed by atoms with Gasteiger partial charge < -0.3 is 15.1 Å². The van der Waals surface area contributed by atoms with Gasteiger partial charge in [-0.2, -0.15) is 0 Å². The topological polar surface area (TPSA) is 69.7 Å². The molecule has 6 nitrogen and oxygen atoms in total. The smallest absolute Gasteiger partial charge is 0.228 e. The molecule has 0 spiro atoms. The van der Waals surface area contributed by atoms with Crippen LogP contribution in [0.3, 0.4) is 0 Å². The van der Waals surface area contributed by atoms with E-state index >= 15 is 0 Å². The lowest BCUT2D eigenvalue weighted by Gasteiger charge is -2.46. The highest BCUT2D eigenvalue weighted by molar-refractivity contribution is 5.84. The Morgan fingerprint density at radius 2 is 1.74 bits per heavy atom. The summed E-state index contributed by atoms with van der Waals surface area (Å²) >= 11 is 0. The quantitative estimate of drug-likeness (QED) is 0.829. The van der Waals surface area contributed by atoms with E-state index < -0.39 is 5.41 Å². The normalized spacial score (nSPS) is 28.7. The third-order valence-electron chi connectivity index (χ3n) is 4.64. The van der Waals surface area contributed by atoms with Gasteiger partial charge in [0.2, 0.25) is 17.7 Å². The molecular formula is C17H29N3O3. The molecule has 2 heterocycles. The fraction of sp³-hybridized carbons (Fsp3) is 0.824. The standard InChI is InChI=1S/C17H29N3O3/c1-11-9-19(16(23)17(3,4)5)10-12(2)20(11)15(22)8-13-6-7-14(21)18-13/h11-13H,6-10H2,1-5H3,(H,18,21). The van der Waals surface area contributed by atoms with Crippen LogP contribution in [-0.4, -0.2) is 58.7 Å². The fourth-order valence-electron chi connectivity index (χ4n) is 3.60. The van der Waals surface area contributed by atoms with E-state index in [2.05, 4.69) is 5.32 Å². The zero-order chi connectivity index (χ0) is 17.4. The molecular weight excluding hydrogens is 294 g/mol. The SMILES string of the molecule is CC1CN(C(=O)C(C)(C)C)CC(C)N1C(=O)CC1CCC(=O)N1. The number of carbonyl (C=O) groups excluding carboxylic acids is 3. The number of hydrogen-bond acceptors (Lipinski definition) is 3. The molecule has 3 amide bonds. The summed E-state index contributed by atoms with van der Waals surface area (Å²) in [5.41, 5.74) is -0.403. The molecule has 0 aromatic heterocycles. The summed E-state index contributed by atoms with van der Waals surface area (Å²) in [5.74, 6) is 0.232. The molecule has 2 fully saturated rings. The van der Waals surface area contributed by atoms with Crippen LogP contribution in [0.2, 0.25) is 0 Å². The van der Waals surface area contributed by atoms with Crippen LogP contribution in [-0.2, 0) is 14.4 Å². The molecule has 23 heavy (non-hydrogen) atoms. The first-order valence-electron chi connectivity index (χ1n) is 8.49. The molecule has 6 heteroatoms. The van der Waals surface area contributed by atoms with Crippen LogP contribution in [0.5, 0.6) is 0 Å². The summed E-state index contributed by atoms with van der Waals surface area (Å²) < 4.78 is 0. The van der Waals surface area contributed by atoms with Crippen molar-refractivity contribution in [3.63, 3.8) is 0 Å². The van der Waals surface area contributed by atoms with Crippen LogP contribution >= 0.6 is 0 Å². The van der Waals surface area contributed by atoms with Crippen LogP contribution in [0.25, 0.3) is 0 Å². The Kier molecular flexibility index (Phi) is 5.01. The van der Waals surface area contributed by atoms with Crippen molar-refractivity contribution in [1.82, 2.24) is 15.1 Å². The van der Waals surface area contributed by atoms with Crippen LogP contribution in [0, 0.1) is 5.41 Å². The second-order valence-corrected chi connectivity index (χ2v) is 7.97. The Labute approximate surface area is 138 Å². The zero-order valence-electron chi connectivity index (χ0n) is 14.9. The van der Waals surface area contributed by atoms with Gasteiger partial charge in [-0.1, -0.05) is 20.8 Å². The third-order valence-corrected chi connectivity index (χ3v) is 4.64. The van der Waals surface area contributed by atoms with E-state index in [-0.39, 0.29) is 35.8 Å². The molecule has 2 rings (SSSR count). The van der Waals surface area contributed by atoms with Crippen molar-refractivity contribution in [2.45, 2.75) is 72.0 Å². The molecule has 2 saturated heterocycles. The molecule has 0 aromatic carbocycles. The van der Waals surface area contributed by atoms with Crippen LogP contribution in [0.1, 0.15) is 53.9 Å². The molecule has 0 aromatic rings. The summed E-state index contributed by atoms with van der Waals surface area (Å²) in [5, 5.41) is 2.85. The van der Waals surface area contributed by atoms with E-state index in [0.29, 0.717) is 25.9 Å². The van der Waals surface area contributed by atoms with Gasteiger partial charge in [-0.15, -0.1) is 0 Å². The van der Waals surface area contributed by atoms with E-state index in [4.69, 9.17) is 0 Å². The largest absolute Gasteiger partial charge is 0.353 e. The molecule has 0 bridgehead atoms. The molecule has 0 radical (unpaired) electrons. The maximum absolute atomic E-state index is 12.6. The second kappa shape index (κ2) is 6.49. The Morgan fingerprint density at radius 1 is 1.17 bits per heavy atom. The Bertz CT molecular complexity index is 486. The van der Waals surface area contributed by atoms with Crippen molar-refractivity contribution in [1.29, 1.82) is 0 Å². The lowest BCUT2D eigenvalue weighted by atomic mass is 9.93.